The largest absolute Gasteiger partial charge is 0.387 e. The minimum absolute atomic E-state index is 0.106. The summed E-state index contributed by atoms with van der Waals surface area (Å²) in [7, 11) is 0. The van der Waals surface area contributed by atoms with Gasteiger partial charge in [-0.1, -0.05) is 6.07 Å². The number of hydrogen-bond acceptors (Lipinski definition) is 3. The third-order valence-corrected chi connectivity index (χ3v) is 3.30. The van der Waals surface area contributed by atoms with Gasteiger partial charge >= 0.3 is 0 Å². The molecule has 18 heavy (non-hydrogen) atoms. The Morgan fingerprint density at radius 1 is 1.28 bits per heavy atom. The van der Waals surface area contributed by atoms with Crippen LogP contribution in [0.25, 0.3) is 0 Å². The van der Waals surface area contributed by atoms with Crippen LogP contribution in [0.15, 0.2) is 35.0 Å². The monoisotopic (exact) mass is 269 g/mol. The molecule has 0 fully saturated rings. The zero-order chi connectivity index (χ0) is 13.0. The summed E-state index contributed by atoms with van der Waals surface area (Å²) in [5.41, 5.74) is 1.22. The molecular weight excluding hydrogens is 256 g/mol. The highest BCUT2D eigenvalue weighted by molar-refractivity contribution is 7.07. The molecule has 0 aliphatic rings. The van der Waals surface area contributed by atoms with Crippen molar-refractivity contribution in [3.63, 3.8) is 0 Å². The number of aliphatic hydroxyl groups is 1. The number of hydrogen-bond donors (Lipinski definition) is 2. The first-order valence-corrected chi connectivity index (χ1v) is 6.46. The van der Waals surface area contributed by atoms with Crippen molar-refractivity contribution >= 4 is 11.3 Å². The molecule has 2 nitrogen and oxygen atoms in total. The van der Waals surface area contributed by atoms with Gasteiger partial charge in [0.25, 0.3) is 0 Å². The Labute approximate surface area is 108 Å². The van der Waals surface area contributed by atoms with E-state index in [9.17, 15) is 13.9 Å². The lowest BCUT2D eigenvalue weighted by atomic mass is 10.1. The molecule has 2 aromatic rings. The molecule has 5 heteroatoms. The van der Waals surface area contributed by atoms with Crippen LogP contribution in [0.1, 0.15) is 17.2 Å². The van der Waals surface area contributed by atoms with Crippen LogP contribution < -0.4 is 5.32 Å². The number of thiophene rings is 1. The van der Waals surface area contributed by atoms with E-state index in [4.69, 9.17) is 0 Å². The summed E-state index contributed by atoms with van der Waals surface area (Å²) in [5.74, 6) is -1.37. The predicted octanol–water partition coefficient (Wildman–Crippen LogP) is 2.85. The number of rotatable bonds is 5. The minimum atomic E-state index is -0.982. The van der Waals surface area contributed by atoms with Gasteiger partial charge in [-0.05, 0) is 28.5 Å². The van der Waals surface area contributed by atoms with Gasteiger partial charge in [-0.3, -0.25) is 0 Å². The zero-order valence-electron chi connectivity index (χ0n) is 9.57. The van der Waals surface area contributed by atoms with Gasteiger partial charge in [0.15, 0.2) is 0 Å². The van der Waals surface area contributed by atoms with E-state index < -0.39 is 17.7 Å². The average Bonchev–Trinajstić information content (AvgIpc) is 2.81. The maximum Gasteiger partial charge on any atom is 0.131 e. The second-order valence-corrected chi connectivity index (χ2v) is 4.72. The molecule has 2 rings (SSSR count). The van der Waals surface area contributed by atoms with Crippen LogP contribution in [0.3, 0.4) is 0 Å². The lowest BCUT2D eigenvalue weighted by Crippen LogP contribution is -2.21. The Balaban J connectivity index is 1.89. The van der Waals surface area contributed by atoms with E-state index >= 15 is 0 Å². The standard InChI is InChI=1S/C13H13F2NOS/c14-10-1-2-11(12(15)5-10)13(17)7-16-6-9-3-4-18-8-9/h1-5,8,13,16-17H,6-7H2. The summed E-state index contributed by atoms with van der Waals surface area (Å²) < 4.78 is 26.1. The summed E-state index contributed by atoms with van der Waals surface area (Å²) in [6, 6.07) is 5.15. The fourth-order valence-corrected chi connectivity index (χ4v) is 2.30. The molecule has 0 saturated carbocycles. The Bertz CT molecular complexity index is 502. The van der Waals surface area contributed by atoms with Crippen molar-refractivity contribution in [2.75, 3.05) is 6.54 Å². The van der Waals surface area contributed by atoms with Gasteiger partial charge in [-0.2, -0.15) is 11.3 Å². The molecule has 1 aromatic heterocycles. The molecule has 0 radical (unpaired) electrons. The highest BCUT2D eigenvalue weighted by Gasteiger charge is 2.12. The topological polar surface area (TPSA) is 32.3 Å². The summed E-state index contributed by atoms with van der Waals surface area (Å²) in [6.07, 6.45) is -0.982. The summed E-state index contributed by atoms with van der Waals surface area (Å²) >= 11 is 1.59. The number of halogens is 2. The van der Waals surface area contributed by atoms with E-state index in [0.29, 0.717) is 6.54 Å². The van der Waals surface area contributed by atoms with Gasteiger partial charge < -0.3 is 10.4 Å². The van der Waals surface area contributed by atoms with Crippen molar-refractivity contribution in [2.45, 2.75) is 12.6 Å². The highest BCUT2D eigenvalue weighted by Crippen LogP contribution is 2.17. The summed E-state index contributed by atoms with van der Waals surface area (Å²) in [6.45, 7) is 0.835. The van der Waals surface area contributed by atoms with Gasteiger partial charge in [-0.15, -0.1) is 0 Å². The molecule has 1 unspecified atom stereocenters. The lowest BCUT2D eigenvalue weighted by molar-refractivity contribution is 0.169. The molecule has 1 atom stereocenters. The first kappa shape index (κ1) is 13.1. The molecule has 0 saturated heterocycles. The van der Waals surface area contributed by atoms with E-state index in [1.165, 1.54) is 6.07 Å². The fraction of sp³-hybridized carbons (Fsp3) is 0.231. The highest BCUT2D eigenvalue weighted by atomic mass is 32.1. The van der Waals surface area contributed by atoms with Gasteiger partial charge in [0.2, 0.25) is 0 Å². The third kappa shape index (κ3) is 3.35. The molecule has 0 amide bonds. The van der Waals surface area contributed by atoms with Crippen LogP contribution >= 0.6 is 11.3 Å². The smallest absolute Gasteiger partial charge is 0.131 e. The average molecular weight is 269 g/mol. The van der Waals surface area contributed by atoms with Gasteiger partial charge in [-0.25, -0.2) is 8.78 Å². The molecular formula is C13H13F2NOS. The number of benzene rings is 1. The molecule has 0 aliphatic heterocycles. The van der Waals surface area contributed by atoms with Crippen molar-refractivity contribution in [1.82, 2.24) is 5.32 Å². The SMILES string of the molecule is OC(CNCc1ccsc1)c1ccc(F)cc1F. The Morgan fingerprint density at radius 2 is 2.11 bits per heavy atom. The maximum absolute atomic E-state index is 13.4. The first-order valence-electron chi connectivity index (χ1n) is 5.51. The van der Waals surface area contributed by atoms with Crippen molar-refractivity contribution in [2.24, 2.45) is 0 Å². The van der Waals surface area contributed by atoms with E-state index in [1.54, 1.807) is 11.3 Å². The molecule has 0 bridgehead atoms. The fourth-order valence-electron chi connectivity index (χ4n) is 1.63. The van der Waals surface area contributed by atoms with Crippen molar-refractivity contribution in [1.29, 1.82) is 0 Å². The van der Waals surface area contributed by atoms with Crippen LogP contribution in [0.4, 0.5) is 8.78 Å². The quantitative estimate of drug-likeness (QED) is 0.875. The molecule has 0 aliphatic carbocycles. The lowest BCUT2D eigenvalue weighted by Gasteiger charge is -2.12. The van der Waals surface area contributed by atoms with E-state index in [0.717, 1.165) is 17.7 Å². The predicted molar refractivity (Wildman–Crippen MR) is 67.3 cm³/mol. The van der Waals surface area contributed by atoms with Crippen molar-refractivity contribution in [3.05, 3.63) is 57.8 Å². The Kier molecular flexibility index (Phi) is 4.41. The van der Waals surface area contributed by atoms with E-state index in [1.807, 2.05) is 16.8 Å². The molecule has 1 aromatic carbocycles. The van der Waals surface area contributed by atoms with Crippen LogP contribution in [-0.4, -0.2) is 11.7 Å². The van der Waals surface area contributed by atoms with Crippen molar-refractivity contribution in [3.8, 4) is 0 Å². The Morgan fingerprint density at radius 3 is 2.78 bits per heavy atom. The Hall–Kier alpha value is -1.30. The molecule has 96 valence electrons. The van der Waals surface area contributed by atoms with Gasteiger partial charge in [0, 0.05) is 24.7 Å². The molecule has 2 N–H and O–H groups in total. The van der Waals surface area contributed by atoms with E-state index in [2.05, 4.69) is 5.32 Å². The van der Waals surface area contributed by atoms with Crippen molar-refractivity contribution < 1.29 is 13.9 Å². The van der Waals surface area contributed by atoms with Crippen LogP contribution in [0.5, 0.6) is 0 Å². The number of aliphatic hydroxyl groups excluding tert-OH is 1. The van der Waals surface area contributed by atoms with Crippen LogP contribution in [0.2, 0.25) is 0 Å². The molecule has 0 spiro atoms. The zero-order valence-corrected chi connectivity index (χ0v) is 10.4. The second-order valence-electron chi connectivity index (χ2n) is 3.94. The maximum atomic E-state index is 13.4. The van der Waals surface area contributed by atoms with Crippen LogP contribution in [-0.2, 0) is 6.54 Å². The van der Waals surface area contributed by atoms with E-state index in [-0.39, 0.29) is 12.1 Å². The van der Waals surface area contributed by atoms with Crippen LogP contribution in [0, 0.1) is 11.6 Å². The normalized spacial score (nSPS) is 12.6. The molecule has 1 heterocycles. The van der Waals surface area contributed by atoms with Gasteiger partial charge in [0.1, 0.15) is 11.6 Å². The first-order chi connectivity index (χ1) is 8.66. The van der Waals surface area contributed by atoms with Gasteiger partial charge in [0.05, 0.1) is 6.10 Å². The second kappa shape index (κ2) is 6.04. The number of nitrogens with one attached hydrogen (secondary N) is 1. The summed E-state index contributed by atoms with van der Waals surface area (Å²) in [4.78, 5) is 0. The minimum Gasteiger partial charge on any atom is -0.387 e. The third-order valence-electron chi connectivity index (χ3n) is 2.57. The summed E-state index contributed by atoms with van der Waals surface area (Å²) in [5, 5.41) is 16.8.